The molecule has 1 amide bonds. The van der Waals surface area contributed by atoms with Gasteiger partial charge in [-0.15, -0.1) is 0 Å². The van der Waals surface area contributed by atoms with Crippen molar-refractivity contribution in [2.45, 2.75) is 6.42 Å². The second-order valence-corrected chi connectivity index (χ2v) is 7.59. The highest BCUT2D eigenvalue weighted by Gasteiger charge is 2.20. The molecule has 1 aromatic carbocycles. The quantitative estimate of drug-likeness (QED) is 0.793. The van der Waals surface area contributed by atoms with Gasteiger partial charge in [-0.2, -0.15) is 0 Å². The van der Waals surface area contributed by atoms with Gasteiger partial charge in [-0.3, -0.25) is 4.79 Å². The van der Waals surface area contributed by atoms with Gasteiger partial charge in [0.25, 0.3) is 0 Å². The largest absolute Gasteiger partial charge is 0.339 e. The van der Waals surface area contributed by atoms with Crippen molar-refractivity contribution < 1.29 is 17.6 Å². The highest BCUT2D eigenvalue weighted by atomic mass is 32.2. The number of carbonyl (C=O) groups excluding carboxylic acids is 1. The zero-order valence-corrected chi connectivity index (χ0v) is 14.0. The van der Waals surface area contributed by atoms with Gasteiger partial charge in [0.15, 0.2) is 0 Å². The Morgan fingerprint density at radius 2 is 1.87 bits per heavy atom. The van der Waals surface area contributed by atoms with Crippen LogP contribution in [0.2, 0.25) is 0 Å². The smallest absolute Gasteiger partial charge is 0.237 e. The van der Waals surface area contributed by atoms with Crippen LogP contribution in [0.5, 0.6) is 0 Å². The molecule has 2 rings (SSSR count). The van der Waals surface area contributed by atoms with E-state index in [1.807, 2.05) is 7.05 Å². The molecule has 0 aromatic heterocycles. The summed E-state index contributed by atoms with van der Waals surface area (Å²) in [7, 11) is -1.64. The summed E-state index contributed by atoms with van der Waals surface area (Å²) in [4.78, 5) is 15.8. The van der Waals surface area contributed by atoms with E-state index in [0.29, 0.717) is 18.7 Å². The van der Waals surface area contributed by atoms with Gasteiger partial charge in [-0.05, 0) is 25.1 Å². The number of benzene rings is 1. The molecule has 0 aliphatic carbocycles. The van der Waals surface area contributed by atoms with Crippen LogP contribution in [0.15, 0.2) is 24.3 Å². The third-order valence-corrected chi connectivity index (χ3v) is 5.22. The van der Waals surface area contributed by atoms with Gasteiger partial charge in [0.2, 0.25) is 15.9 Å². The molecule has 8 heteroatoms. The first-order chi connectivity index (χ1) is 10.9. The SMILES string of the molecule is CN1CCN(C(=O)CNS(=O)(=O)CCc2ccccc2F)CC1. The number of halogens is 1. The molecule has 0 spiro atoms. The normalized spacial score (nSPS) is 16.5. The van der Waals surface area contributed by atoms with E-state index >= 15 is 0 Å². The van der Waals surface area contributed by atoms with E-state index in [9.17, 15) is 17.6 Å². The minimum absolute atomic E-state index is 0.0741. The lowest BCUT2D eigenvalue weighted by Gasteiger charge is -2.32. The molecule has 0 unspecified atom stereocenters. The van der Waals surface area contributed by atoms with E-state index in [1.165, 1.54) is 6.07 Å². The number of piperazine rings is 1. The van der Waals surface area contributed by atoms with Gasteiger partial charge < -0.3 is 9.80 Å². The molecule has 1 aliphatic rings. The summed E-state index contributed by atoms with van der Waals surface area (Å²) in [6.07, 6.45) is 0.0741. The van der Waals surface area contributed by atoms with Crippen LogP contribution in [-0.4, -0.2) is 69.6 Å². The lowest BCUT2D eigenvalue weighted by Crippen LogP contribution is -2.50. The number of nitrogens with one attached hydrogen (secondary N) is 1. The van der Waals surface area contributed by atoms with Gasteiger partial charge in [0.05, 0.1) is 12.3 Å². The average Bonchev–Trinajstić information content (AvgIpc) is 2.53. The molecule has 1 aliphatic heterocycles. The van der Waals surface area contributed by atoms with Gasteiger partial charge in [-0.25, -0.2) is 17.5 Å². The number of rotatable bonds is 6. The first kappa shape index (κ1) is 17.8. The van der Waals surface area contributed by atoms with Crippen LogP contribution in [0.3, 0.4) is 0 Å². The van der Waals surface area contributed by atoms with E-state index in [4.69, 9.17) is 0 Å². The topological polar surface area (TPSA) is 69.7 Å². The Bertz CT molecular complexity index is 643. The second-order valence-electron chi connectivity index (χ2n) is 5.67. The van der Waals surface area contributed by atoms with Crippen LogP contribution < -0.4 is 4.72 Å². The Morgan fingerprint density at radius 3 is 2.52 bits per heavy atom. The standard InChI is InChI=1S/C15H22FN3O3S/c1-18-7-9-19(10-8-18)15(20)12-17-23(21,22)11-6-13-4-2-3-5-14(13)16/h2-5,17H,6-12H2,1H3. The zero-order chi connectivity index (χ0) is 16.9. The van der Waals surface area contributed by atoms with Crippen molar-refractivity contribution in [3.05, 3.63) is 35.6 Å². The third kappa shape index (κ3) is 5.56. The van der Waals surface area contributed by atoms with E-state index < -0.39 is 15.8 Å². The maximum absolute atomic E-state index is 13.5. The third-order valence-electron chi connectivity index (χ3n) is 3.90. The molecule has 1 saturated heterocycles. The van der Waals surface area contributed by atoms with Crippen molar-refractivity contribution in [1.82, 2.24) is 14.5 Å². The van der Waals surface area contributed by atoms with Crippen LogP contribution in [0.25, 0.3) is 0 Å². The molecule has 0 saturated carbocycles. The molecular formula is C15H22FN3O3S. The Kier molecular flexibility index (Phi) is 6.09. The van der Waals surface area contributed by atoms with E-state index in [0.717, 1.165) is 13.1 Å². The van der Waals surface area contributed by atoms with Crippen molar-refractivity contribution in [2.75, 3.05) is 45.5 Å². The number of hydrogen-bond acceptors (Lipinski definition) is 4. The number of aryl methyl sites for hydroxylation is 1. The van der Waals surface area contributed by atoms with Crippen LogP contribution in [0, 0.1) is 5.82 Å². The Morgan fingerprint density at radius 1 is 1.22 bits per heavy atom. The highest BCUT2D eigenvalue weighted by molar-refractivity contribution is 7.89. The Balaban J connectivity index is 1.80. The lowest BCUT2D eigenvalue weighted by molar-refractivity contribution is -0.131. The Hall–Kier alpha value is -1.51. The van der Waals surface area contributed by atoms with Gasteiger partial charge in [0.1, 0.15) is 5.82 Å². The number of hydrogen-bond donors (Lipinski definition) is 1. The second kappa shape index (κ2) is 7.85. The molecule has 1 heterocycles. The van der Waals surface area contributed by atoms with Crippen LogP contribution in [-0.2, 0) is 21.2 Å². The molecule has 0 radical (unpaired) electrons. The molecule has 0 atom stereocenters. The molecule has 128 valence electrons. The van der Waals surface area contributed by atoms with Crippen molar-refractivity contribution >= 4 is 15.9 Å². The summed E-state index contributed by atoms with van der Waals surface area (Å²) in [5, 5.41) is 0. The van der Waals surface area contributed by atoms with Crippen LogP contribution in [0.1, 0.15) is 5.56 Å². The molecule has 23 heavy (non-hydrogen) atoms. The van der Waals surface area contributed by atoms with Crippen molar-refractivity contribution in [3.8, 4) is 0 Å². The van der Waals surface area contributed by atoms with Crippen molar-refractivity contribution in [3.63, 3.8) is 0 Å². The number of carbonyl (C=O) groups is 1. The van der Waals surface area contributed by atoms with Crippen LogP contribution >= 0.6 is 0 Å². The van der Waals surface area contributed by atoms with Crippen molar-refractivity contribution in [2.24, 2.45) is 0 Å². The average molecular weight is 343 g/mol. The van der Waals surface area contributed by atoms with E-state index in [1.54, 1.807) is 23.1 Å². The molecule has 0 bridgehead atoms. The van der Waals surface area contributed by atoms with Gasteiger partial charge >= 0.3 is 0 Å². The monoisotopic (exact) mass is 343 g/mol. The highest BCUT2D eigenvalue weighted by Crippen LogP contribution is 2.08. The van der Waals surface area contributed by atoms with Gasteiger partial charge in [-0.1, -0.05) is 18.2 Å². The summed E-state index contributed by atoms with van der Waals surface area (Å²) in [5.41, 5.74) is 0.350. The van der Waals surface area contributed by atoms with Crippen molar-refractivity contribution in [1.29, 1.82) is 0 Å². The van der Waals surface area contributed by atoms with E-state index in [-0.39, 0.29) is 24.6 Å². The fraction of sp³-hybridized carbons (Fsp3) is 0.533. The predicted molar refractivity (Wildman–Crippen MR) is 86.0 cm³/mol. The minimum Gasteiger partial charge on any atom is -0.339 e. The Labute approximate surface area is 136 Å². The first-order valence-electron chi connectivity index (χ1n) is 7.54. The summed E-state index contributed by atoms with van der Waals surface area (Å²) < 4.78 is 39.7. The number of amides is 1. The summed E-state index contributed by atoms with van der Waals surface area (Å²) in [5.74, 6) is -0.895. The number of nitrogens with zero attached hydrogens (tertiary/aromatic N) is 2. The summed E-state index contributed by atoms with van der Waals surface area (Å²) in [6, 6.07) is 6.07. The zero-order valence-electron chi connectivity index (χ0n) is 13.2. The maximum Gasteiger partial charge on any atom is 0.237 e. The number of likely N-dealkylation sites (N-methyl/N-ethyl adjacent to an activating group) is 1. The minimum atomic E-state index is -3.62. The van der Waals surface area contributed by atoms with E-state index in [2.05, 4.69) is 9.62 Å². The summed E-state index contributed by atoms with van der Waals surface area (Å²) in [6.45, 7) is 2.53. The molecule has 6 nitrogen and oxygen atoms in total. The predicted octanol–water partition coefficient (Wildman–Crippen LogP) is 0.0616. The van der Waals surface area contributed by atoms with Gasteiger partial charge in [0, 0.05) is 26.2 Å². The molecule has 1 aromatic rings. The number of sulfonamides is 1. The first-order valence-corrected chi connectivity index (χ1v) is 9.20. The molecule has 1 N–H and O–H groups in total. The fourth-order valence-corrected chi connectivity index (χ4v) is 3.33. The molecular weight excluding hydrogens is 321 g/mol. The maximum atomic E-state index is 13.5. The lowest BCUT2D eigenvalue weighted by atomic mass is 10.2. The molecule has 1 fully saturated rings. The van der Waals surface area contributed by atoms with Crippen LogP contribution in [0.4, 0.5) is 4.39 Å². The fourth-order valence-electron chi connectivity index (χ4n) is 2.36. The summed E-state index contributed by atoms with van der Waals surface area (Å²) >= 11 is 0.